The molecule has 0 aliphatic rings. The number of nitrogens with one attached hydrogen (secondary N) is 1. The van der Waals surface area contributed by atoms with Crippen molar-refractivity contribution in [2.45, 2.75) is 25.8 Å². The fourth-order valence-electron chi connectivity index (χ4n) is 1.62. The van der Waals surface area contributed by atoms with Crippen LogP contribution in [0.3, 0.4) is 0 Å². The van der Waals surface area contributed by atoms with Crippen LogP contribution in [0.2, 0.25) is 5.02 Å². The number of benzene rings is 1. The van der Waals surface area contributed by atoms with Gasteiger partial charge in [-0.3, -0.25) is 14.9 Å². The van der Waals surface area contributed by atoms with Crippen LogP contribution >= 0.6 is 27.5 Å². The Morgan fingerprint density at radius 2 is 2.26 bits per heavy atom. The zero-order chi connectivity index (χ0) is 14.4. The van der Waals surface area contributed by atoms with Crippen LogP contribution in [-0.2, 0) is 0 Å². The van der Waals surface area contributed by atoms with E-state index in [9.17, 15) is 14.9 Å². The Morgan fingerprint density at radius 1 is 1.58 bits per heavy atom. The maximum absolute atomic E-state index is 12.1. The minimum Gasteiger partial charge on any atom is -0.349 e. The highest BCUT2D eigenvalue weighted by Gasteiger charge is 2.22. The lowest BCUT2D eigenvalue weighted by molar-refractivity contribution is -0.385. The molecular formula is C12H14BrClN2O3. The van der Waals surface area contributed by atoms with Crippen molar-refractivity contribution in [1.82, 2.24) is 5.32 Å². The van der Waals surface area contributed by atoms with Crippen LogP contribution < -0.4 is 5.32 Å². The van der Waals surface area contributed by atoms with E-state index >= 15 is 0 Å². The van der Waals surface area contributed by atoms with Crippen molar-refractivity contribution in [3.05, 3.63) is 38.9 Å². The third-order valence-corrected chi connectivity index (χ3v) is 3.38. The fraction of sp³-hybridized carbons (Fsp3) is 0.417. The normalized spacial score (nSPS) is 11.9. The van der Waals surface area contributed by atoms with E-state index in [4.69, 9.17) is 11.6 Å². The highest BCUT2D eigenvalue weighted by molar-refractivity contribution is 9.09. The number of nitro benzene ring substituents is 1. The van der Waals surface area contributed by atoms with Crippen LogP contribution in [0.1, 0.15) is 30.1 Å². The van der Waals surface area contributed by atoms with E-state index in [-0.39, 0.29) is 17.3 Å². The molecule has 0 saturated heterocycles. The second kappa shape index (κ2) is 7.45. The van der Waals surface area contributed by atoms with Crippen molar-refractivity contribution >= 4 is 39.1 Å². The van der Waals surface area contributed by atoms with Gasteiger partial charge in [0.1, 0.15) is 5.56 Å². The number of alkyl halides is 1. The molecule has 5 nitrogen and oxygen atoms in total. The number of carbonyl (C=O) groups is 1. The monoisotopic (exact) mass is 348 g/mol. The van der Waals surface area contributed by atoms with Crippen LogP contribution in [0.4, 0.5) is 5.69 Å². The van der Waals surface area contributed by atoms with Crippen molar-refractivity contribution in [2.24, 2.45) is 0 Å². The van der Waals surface area contributed by atoms with Crippen LogP contribution in [0, 0.1) is 10.1 Å². The first kappa shape index (κ1) is 15.9. The molecule has 0 radical (unpaired) electrons. The molecule has 19 heavy (non-hydrogen) atoms. The van der Waals surface area contributed by atoms with Crippen LogP contribution in [-0.4, -0.2) is 22.2 Å². The number of halogens is 2. The van der Waals surface area contributed by atoms with Crippen molar-refractivity contribution < 1.29 is 9.72 Å². The molecule has 7 heteroatoms. The first-order valence-electron chi connectivity index (χ1n) is 5.80. The largest absolute Gasteiger partial charge is 0.349 e. The number of hydrogen-bond acceptors (Lipinski definition) is 3. The highest BCUT2D eigenvalue weighted by atomic mass is 79.9. The Labute approximate surface area is 124 Å². The van der Waals surface area contributed by atoms with E-state index in [0.717, 1.165) is 18.2 Å². The second-order valence-corrected chi connectivity index (χ2v) is 5.20. The molecule has 0 heterocycles. The molecule has 1 aromatic rings. The number of hydrogen-bond donors (Lipinski definition) is 1. The second-order valence-electron chi connectivity index (χ2n) is 3.97. The minimum atomic E-state index is -0.587. The van der Waals surface area contributed by atoms with Gasteiger partial charge in [-0.05, 0) is 25.0 Å². The quantitative estimate of drug-likeness (QED) is 0.485. The van der Waals surface area contributed by atoms with Gasteiger partial charge in [-0.15, -0.1) is 0 Å². The molecule has 0 fully saturated rings. The van der Waals surface area contributed by atoms with Gasteiger partial charge < -0.3 is 5.32 Å². The molecule has 1 N–H and O–H groups in total. The highest BCUT2D eigenvalue weighted by Crippen LogP contribution is 2.22. The molecule has 0 aliphatic carbocycles. The molecule has 0 aliphatic heterocycles. The average Bonchev–Trinajstić information content (AvgIpc) is 2.37. The summed E-state index contributed by atoms with van der Waals surface area (Å²) in [5.41, 5.74) is -0.249. The van der Waals surface area contributed by atoms with Crippen molar-refractivity contribution in [3.8, 4) is 0 Å². The summed E-state index contributed by atoms with van der Waals surface area (Å²) < 4.78 is 0. The Morgan fingerprint density at radius 3 is 2.79 bits per heavy atom. The Hall–Kier alpha value is -1.14. The van der Waals surface area contributed by atoms with Crippen molar-refractivity contribution in [1.29, 1.82) is 0 Å². The van der Waals surface area contributed by atoms with Gasteiger partial charge in [-0.2, -0.15) is 0 Å². The van der Waals surface area contributed by atoms with Crippen LogP contribution in [0.15, 0.2) is 18.2 Å². The molecule has 1 amide bonds. The Balaban J connectivity index is 2.98. The van der Waals surface area contributed by atoms with E-state index in [1.165, 1.54) is 18.2 Å². The lowest BCUT2D eigenvalue weighted by Crippen LogP contribution is -2.35. The van der Waals surface area contributed by atoms with Crippen LogP contribution in [0.25, 0.3) is 0 Å². The summed E-state index contributed by atoms with van der Waals surface area (Å²) >= 11 is 9.09. The first-order chi connectivity index (χ1) is 8.99. The Bertz CT molecular complexity index is 482. The lowest BCUT2D eigenvalue weighted by atomic mass is 10.1. The van der Waals surface area contributed by atoms with Gasteiger partial charge >= 0.3 is 0 Å². The van der Waals surface area contributed by atoms with Crippen molar-refractivity contribution in [3.63, 3.8) is 0 Å². The number of amides is 1. The molecule has 104 valence electrons. The number of nitrogens with zero attached hydrogens (tertiary/aromatic N) is 1. The SMILES string of the molecule is CCC(CCBr)NC(=O)c1cc(Cl)ccc1[N+](=O)[O-]. The Kier molecular flexibility index (Phi) is 6.24. The zero-order valence-corrected chi connectivity index (χ0v) is 12.7. The van der Waals surface area contributed by atoms with Crippen LogP contribution in [0.5, 0.6) is 0 Å². The summed E-state index contributed by atoms with van der Waals surface area (Å²) in [6.07, 6.45) is 1.52. The molecule has 1 unspecified atom stereocenters. The third-order valence-electron chi connectivity index (χ3n) is 2.69. The molecule has 0 spiro atoms. The maximum Gasteiger partial charge on any atom is 0.282 e. The molecule has 1 rings (SSSR count). The van der Waals surface area contributed by atoms with E-state index < -0.39 is 10.8 Å². The van der Waals surface area contributed by atoms with E-state index in [1.807, 2.05) is 6.92 Å². The van der Waals surface area contributed by atoms with Crippen molar-refractivity contribution in [2.75, 3.05) is 5.33 Å². The van der Waals surface area contributed by atoms with Gasteiger partial charge in [-0.25, -0.2) is 0 Å². The smallest absolute Gasteiger partial charge is 0.282 e. The third kappa shape index (κ3) is 4.47. The number of carbonyl (C=O) groups excluding carboxylic acids is 1. The van der Waals surface area contributed by atoms with E-state index in [2.05, 4.69) is 21.2 Å². The maximum atomic E-state index is 12.1. The topological polar surface area (TPSA) is 72.2 Å². The summed E-state index contributed by atoms with van der Waals surface area (Å²) in [4.78, 5) is 22.4. The summed E-state index contributed by atoms with van der Waals surface area (Å²) in [6, 6.07) is 3.93. The van der Waals surface area contributed by atoms with Gasteiger partial charge in [-0.1, -0.05) is 34.5 Å². The molecule has 0 saturated carbocycles. The first-order valence-corrected chi connectivity index (χ1v) is 7.30. The summed E-state index contributed by atoms with van der Waals surface area (Å²) in [5.74, 6) is -0.470. The van der Waals surface area contributed by atoms with Gasteiger partial charge in [0.15, 0.2) is 0 Å². The average molecular weight is 350 g/mol. The molecule has 1 aromatic carbocycles. The van der Waals surface area contributed by atoms with Gasteiger partial charge in [0.2, 0.25) is 0 Å². The molecule has 0 bridgehead atoms. The number of nitro groups is 1. The molecule has 0 aromatic heterocycles. The summed E-state index contributed by atoms with van der Waals surface area (Å²) in [7, 11) is 0. The predicted octanol–water partition coefficient (Wildman–Crippen LogP) is 3.54. The molecular weight excluding hydrogens is 336 g/mol. The predicted molar refractivity (Wildman–Crippen MR) is 78.1 cm³/mol. The van der Waals surface area contributed by atoms with Gasteiger partial charge in [0, 0.05) is 22.5 Å². The summed E-state index contributed by atoms with van der Waals surface area (Å²) in [6.45, 7) is 1.94. The van der Waals surface area contributed by atoms with E-state index in [1.54, 1.807) is 0 Å². The zero-order valence-electron chi connectivity index (χ0n) is 10.4. The lowest BCUT2D eigenvalue weighted by Gasteiger charge is -2.15. The fourth-order valence-corrected chi connectivity index (χ4v) is 2.35. The van der Waals surface area contributed by atoms with Gasteiger partial charge in [0.25, 0.3) is 11.6 Å². The van der Waals surface area contributed by atoms with Gasteiger partial charge in [0.05, 0.1) is 4.92 Å². The standard InChI is InChI=1S/C12H14BrClN2O3/c1-2-9(5-6-13)15-12(17)10-7-8(14)3-4-11(10)16(18)19/h3-4,7,9H,2,5-6H2,1H3,(H,15,17). The minimum absolute atomic E-state index is 0.00878. The molecule has 1 atom stereocenters. The number of rotatable bonds is 6. The van der Waals surface area contributed by atoms with E-state index in [0.29, 0.717) is 5.02 Å². The summed E-state index contributed by atoms with van der Waals surface area (Å²) in [5, 5.41) is 14.7.